The zero-order valence-electron chi connectivity index (χ0n) is 10.6. The first-order valence-electron chi connectivity index (χ1n) is 6.34. The summed E-state index contributed by atoms with van der Waals surface area (Å²) in [6.07, 6.45) is 5.88. The van der Waals surface area contributed by atoms with Crippen molar-refractivity contribution >= 4 is 15.7 Å². The molecule has 1 aromatic rings. The van der Waals surface area contributed by atoms with E-state index in [1.807, 2.05) is 6.92 Å². The molecule has 0 radical (unpaired) electrons. The molecule has 0 spiro atoms. The van der Waals surface area contributed by atoms with Crippen LogP contribution in [-0.2, 0) is 10.0 Å². The lowest BCUT2D eigenvalue weighted by molar-refractivity contribution is 0.477. The van der Waals surface area contributed by atoms with E-state index in [4.69, 9.17) is 0 Å². The molecule has 100 valence electrons. The lowest BCUT2D eigenvalue weighted by Gasteiger charge is -2.18. The second-order valence-corrected chi connectivity index (χ2v) is 6.32. The molecule has 0 unspecified atom stereocenters. The number of hydrogen-bond donors (Lipinski definition) is 1. The predicted octanol–water partition coefficient (Wildman–Crippen LogP) is 1.69. The van der Waals surface area contributed by atoms with Gasteiger partial charge in [0, 0.05) is 32.0 Å². The Kier molecular flexibility index (Phi) is 4.19. The SMILES string of the molecule is CCCNc1ccncc1S(=O)(=O)N1CCCC1. The number of rotatable bonds is 5. The molecule has 1 fully saturated rings. The van der Waals surface area contributed by atoms with Gasteiger partial charge < -0.3 is 5.32 Å². The fraction of sp³-hybridized carbons (Fsp3) is 0.583. The lowest BCUT2D eigenvalue weighted by atomic mass is 10.4. The molecule has 0 atom stereocenters. The van der Waals surface area contributed by atoms with E-state index in [0.717, 1.165) is 25.8 Å². The maximum absolute atomic E-state index is 12.5. The average molecular weight is 269 g/mol. The molecular formula is C12H19N3O2S. The van der Waals surface area contributed by atoms with E-state index in [9.17, 15) is 8.42 Å². The maximum atomic E-state index is 12.5. The van der Waals surface area contributed by atoms with E-state index in [2.05, 4.69) is 10.3 Å². The van der Waals surface area contributed by atoms with Crippen LogP contribution in [0, 0.1) is 0 Å². The second-order valence-electron chi connectivity index (χ2n) is 4.41. The summed E-state index contributed by atoms with van der Waals surface area (Å²) in [6.45, 7) is 4.03. The van der Waals surface area contributed by atoms with Crippen molar-refractivity contribution < 1.29 is 8.42 Å². The summed E-state index contributed by atoms with van der Waals surface area (Å²) in [5.41, 5.74) is 0.652. The Labute approximate surface area is 108 Å². The van der Waals surface area contributed by atoms with Gasteiger partial charge >= 0.3 is 0 Å². The Morgan fingerprint density at radius 1 is 1.39 bits per heavy atom. The first-order chi connectivity index (χ1) is 8.66. The zero-order chi connectivity index (χ0) is 13.0. The molecule has 18 heavy (non-hydrogen) atoms. The quantitative estimate of drug-likeness (QED) is 0.883. The van der Waals surface area contributed by atoms with Gasteiger partial charge in [0.15, 0.2) is 0 Å². The molecule has 1 aliphatic heterocycles. The first-order valence-corrected chi connectivity index (χ1v) is 7.78. The normalized spacial score (nSPS) is 16.9. The summed E-state index contributed by atoms with van der Waals surface area (Å²) in [7, 11) is -3.39. The van der Waals surface area contributed by atoms with Crippen molar-refractivity contribution in [1.82, 2.24) is 9.29 Å². The molecule has 0 aromatic carbocycles. The molecule has 6 heteroatoms. The van der Waals surface area contributed by atoms with Crippen LogP contribution in [-0.4, -0.2) is 37.3 Å². The standard InChI is InChI=1S/C12H19N3O2S/c1-2-6-14-11-5-7-13-10-12(11)18(16,17)15-8-3-4-9-15/h5,7,10H,2-4,6,8-9H2,1H3,(H,13,14). The molecule has 1 N–H and O–H groups in total. The molecule has 0 amide bonds. The zero-order valence-corrected chi connectivity index (χ0v) is 11.4. The summed E-state index contributed by atoms with van der Waals surface area (Å²) < 4.78 is 26.5. The van der Waals surface area contributed by atoms with Crippen molar-refractivity contribution in [2.75, 3.05) is 25.0 Å². The predicted molar refractivity (Wildman–Crippen MR) is 71.0 cm³/mol. The number of anilines is 1. The molecule has 1 aliphatic rings. The third-order valence-corrected chi connectivity index (χ3v) is 4.96. The Morgan fingerprint density at radius 2 is 2.11 bits per heavy atom. The number of sulfonamides is 1. The van der Waals surface area contributed by atoms with Crippen LogP contribution in [0.2, 0.25) is 0 Å². The highest BCUT2D eigenvalue weighted by Gasteiger charge is 2.29. The number of nitrogens with one attached hydrogen (secondary N) is 1. The number of hydrogen-bond acceptors (Lipinski definition) is 4. The monoisotopic (exact) mass is 269 g/mol. The molecular weight excluding hydrogens is 250 g/mol. The van der Waals surface area contributed by atoms with Crippen molar-refractivity contribution in [3.05, 3.63) is 18.5 Å². The third-order valence-electron chi connectivity index (χ3n) is 3.03. The van der Waals surface area contributed by atoms with Gasteiger partial charge in [-0.2, -0.15) is 4.31 Å². The van der Waals surface area contributed by atoms with E-state index in [1.165, 1.54) is 6.20 Å². The second kappa shape index (κ2) is 5.67. The van der Waals surface area contributed by atoms with Gasteiger partial charge in [0.05, 0.1) is 5.69 Å². The minimum Gasteiger partial charge on any atom is -0.384 e. The van der Waals surface area contributed by atoms with Crippen molar-refractivity contribution in [3.63, 3.8) is 0 Å². The minimum atomic E-state index is -3.39. The van der Waals surface area contributed by atoms with E-state index in [-0.39, 0.29) is 0 Å². The van der Waals surface area contributed by atoms with Gasteiger partial charge in [-0.15, -0.1) is 0 Å². The Hall–Kier alpha value is -1.14. The molecule has 2 heterocycles. The van der Waals surface area contributed by atoms with Crippen LogP contribution in [0.3, 0.4) is 0 Å². The maximum Gasteiger partial charge on any atom is 0.246 e. The van der Waals surface area contributed by atoms with Gasteiger partial charge in [0.25, 0.3) is 0 Å². The number of aromatic nitrogens is 1. The summed E-state index contributed by atoms with van der Waals surface area (Å²) in [5, 5.41) is 3.15. The van der Waals surface area contributed by atoms with Crippen LogP contribution in [0.5, 0.6) is 0 Å². The van der Waals surface area contributed by atoms with Crippen molar-refractivity contribution in [1.29, 1.82) is 0 Å². The fourth-order valence-corrected chi connectivity index (χ4v) is 3.69. The van der Waals surface area contributed by atoms with E-state index >= 15 is 0 Å². The van der Waals surface area contributed by atoms with Crippen LogP contribution in [0.25, 0.3) is 0 Å². The highest BCUT2D eigenvalue weighted by atomic mass is 32.2. The summed E-state index contributed by atoms with van der Waals surface area (Å²) >= 11 is 0. The van der Waals surface area contributed by atoms with Crippen molar-refractivity contribution in [2.45, 2.75) is 31.1 Å². The van der Waals surface area contributed by atoms with Crippen molar-refractivity contribution in [2.24, 2.45) is 0 Å². The van der Waals surface area contributed by atoms with Crippen LogP contribution < -0.4 is 5.32 Å². The van der Waals surface area contributed by atoms with Crippen LogP contribution >= 0.6 is 0 Å². The number of pyridine rings is 1. The molecule has 0 saturated carbocycles. The highest BCUT2D eigenvalue weighted by Crippen LogP contribution is 2.26. The van der Waals surface area contributed by atoms with Gasteiger partial charge in [0.2, 0.25) is 10.0 Å². The molecule has 1 aromatic heterocycles. The van der Waals surface area contributed by atoms with Gasteiger partial charge in [-0.05, 0) is 25.3 Å². The van der Waals surface area contributed by atoms with Crippen LogP contribution in [0.1, 0.15) is 26.2 Å². The Bertz CT molecular complexity index is 496. The number of nitrogens with zero attached hydrogens (tertiary/aromatic N) is 2. The molecule has 2 rings (SSSR count). The average Bonchev–Trinajstić information content (AvgIpc) is 2.91. The van der Waals surface area contributed by atoms with Crippen molar-refractivity contribution in [3.8, 4) is 0 Å². The summed E-state index contributed by atoms with van der Waals surface area (Å²) in [4.78, 5) is 4.24. The van der Waals surface area contributed by atoms with E-state index < -0.39 is 10.0 Å². The van der Waals surface area contributed by atoms with Gasteiger partial charge in [0.1, 0.15) is 4.90 Å². The fourth-order valence-electron chi connectivity index (χ4n) is 2.06. The van der Waals surface area contributed by atoms with E-state index in [0.29, 0.717) is 23.7 Å². The largest absolute Gasteiger partial charge is 0.384 e. The Balaban J connectivity index is 2.31. The van der Waals surface area contributed by atoms with E-state index in [1.54, 1.807) is 16.6 Å². The van der Waals surface area contributed by atoms with Crippen LogP contribution in [0.4, 0.5) is 5.69 Å². The molecule has 0 aliphatic carbocycles. The first kappa shape index (κ1) is 13.3. The molecule has 0 bridgehead atoms. The highest BCUT2D eigenvalue weighted by molar-refractivity contribution is 7.89. The summed E-state index contributed by atoms with van der Waals surface area (Å²) in [6, 6.07) is 1.72. The van der Waals surface area contributed by atoms with Crippen LogP contribution in [0.15, 0.2) is 23.4 Å². The molecule has 5 nitrogen and oxygen atoms in total. The minimum absolute atomic E-state index is 0.292. The lowest BCUT2D eigenvalue weighted by Crippen LogP contribution is -2.28. The van der Waals surface area contributed by atoms with Gasteiger partial charge in [-0.1, -0.05) is 6.92 Å². The molecule has 1 saturated heterocycles. The Morgan fingerprint density at radius 3 is 2.78 bits per heavy atom. The van der Waals surface area contributed by atoms with Gasteiger partial charge in [-0.25, -0.2) is 8.42 Å². The topological polar surface area (TPSA) is 62.3 Å². The smallest absolute Gasteiger partial charge is 0.246 e. The summed E-state index contributed by atoms with van der Waals surface area (Å²) in [5.74, 6) is 0. The third kappa shape index (κ3) is 2.64. The van der Waals surface area contributed by atoms with Gasteiger partial charge in [-0.3, -0.25) is 4.98 Å².